The van der Waals surface area contributed by atoms with Gasteiger partial charge in [0, 0.05) is 56.6 Å². The predicted octanol–water partition coefficient (Wildman–Crippen LogP) is 2.28. The van der Waals surface area contributed by atoms with E-state index in [2.05, 4.69) is 31.3 Å². The fourth-order valence-corrected chi connectivity index (χ4v) is 4.38. The molecular formula is C22H27N7O2. The Morgan fingerprint density at radius 2 is 1.94 bits per heavy atom. The Morgan fingerprint density at radius 1 is 1.10 bits per heavy atom. The van der Waals surface area contributed by atoms with Crippen molar-refractivity contribution in [1.29, 1.82) is 0 Å². The maximum Gasteiger partial charge on any atom is 0.233 e. The van der Waals surface area contributed by atoms with Gasteiger partial charge in [-0.2, -0.15) is 5.10 Å². The van der Waals surface area contributed by atoms with E-state index in [0.717, 1.165) is 44.7 Å². The first kappa shape index (κ1) is 19.9. The highest BCUT2D eigenvalue weighted by atomic mass is 16.5. The first-order valence-electron chi connectivity index (χ1n) is 10.9. The van der Waals surface area contributed by atoms with Gasteiger partial charge in [-0.3, -0.25) is 14.3 Å². The largest absolute Gasteiger partial charge is 0.381 e. The number of ether oxygens (including phenoxy) is 1. The van der Waals surface area contributed by atoms with E-state index >= 15 is 0 Å². The summed E-state index contributed by atoms with van der Waals surface area (Å²) in [6.07, 6.45) is 10.0. The van der Waals surface area contributed by atoms with Gasteiger partial charge in [0.25, 0.3) is 0 Å². The third kappa shape index (κ3) is 4.38. The summed E-state index contributed by atoms with van der Waals surface area (Å²) in [5, 5.41) is 7.56. The van der Waals surface area contributed by atoms with Crippen LogP contribution in [0.15, 0.2) is 49.1 Å². The minimum Gasteiger partial charge on any atom is -0.381 e. The standard InChI is InChI=1S/C22H27N7O2/c30-21(17-7-14-31-16-17)26-20-4-10-25-29(20)18-5-12-27(13-6-18)15-19-3-1-11-28(19)22-23-8-2-9-24-22/h1-4,8-11,17-18H,5-7,12-16H2,(H,26,30)/t17-/m1/s1. The molecule has 1 amide bonds. The maximum absolute atomic E-state index is 12.5. The van der Waals surface area contributed by atoms with Crippen molar-refractivity contribution in [3.63, 3.8) is 0 Å². The van der Waals surface area contributed by atoms with E-state index in [1.165, 1.54) is 5.69 Å². The first-order valence-corrected chi connectivity index (χ1v) is 10.9. The minimum absolute atomic E-state index is 0.0283. The number of hydrogen-bond donors (Lipinski definition) is 1. The van der Waals surface area contributed by atoms with Gasteiger partial charge in [-0.25, -0.2) is 14.6 Å². The fourth-order valence-electron chi connectivity index (χ4n) is 4.38. The molecule has 5 heterocycles. The molecule has 1 atom stereocenters. The third-order valence-corrected chi connectivity index (χ3v) is 6.11. The number of hydrogen-bond acceptors (Lipinski definition) is 6. The number of piperidine rings is 1. The summed E-state index contributed by atoms with van der Waals surface area (Å²) in [6.45, 7) is 3.95. The molecule has 2 saturated heterocycles. The lowest BCUT2D eigenvalue weighted by Crippen LogP contribution is -2.35. The van der Waals surface area contributed by atoms with Gasteiger partial charge in [-0.1, -0.05) is 0 Å². The molecule has 0 spiro atoms. The lowest BCUT2D eigenvalue weighted by Gasteiger charge is -2.32. The number of aromatic nitrogens is 5. The summed E-state index contributed by atoms with van der Waals surface area (Å²) in [5.74, 6) is 1.45. The molecule has 0 bridgehead atoms. The Balaban J connectivity index is 1.19. The Hall–Kier alpha value is -3.04. The van der Waals surface area contributed by atoms with Crippen LogP contribution in [0.4, 0.5) is 5.82 Å². The maximum atomic E-state index is 12.5. The van der Waals surface area contributed by atoms with Crippen LogP contribution in [-0.2, 0) is 16.1 Å². The van der Waals surface area contributed by atoms with E-state index in [1.807, 2.05) is 33.6 Å². The third-order valence-electron chi connectivity index (χ3n) is 6.11. The van der Waals surface area contributed by atoms with Crippen molar-refractivity contribution < 1.29 is 9.53 Å². The van der Waals surface area contributed by atoms with Crippen molar-refractivity contribution in [3.05, 3.63) is 54.7 Å². The van der Waals surface area contributed by atoms with E-state index < -0.39 is 0 Å². The predicted molar refractivity (Wildman–Crippen MR) is 115 cm³/mol. The Morgan fingerprint density at radius 3 is 2.71 bits per heavy atom. The highest BCUT2D eigenvalue weighted by Crippen LogP contribution is 2.27. The highest BCUT2D eigenvalue weighted by molar-refractivity contribution is 5.92. The minimum atomic E-state index is -0.0602. The van der Waals surface area contributed by atoms with E-state index in [4.69, 9.17) is 4.74 Å². The van der Waals surface area contributed by atoms with Gasteiger partial charge in [-0.15, -0.1) is 0 Å². The summed E-state index contributed by atoms with van der Waals surface area (Å²) in [4.78, 5) is 23.6. The van der Waals surface area contributed by atoms with Gasteiger partial charge >= 0.3 is 0 Å². The van der Waals surface area contributed by atoms with Gasteiger partial charge in [0.15, 0.2) is 0 Å². The molecule has 3 aromatic heterocycles. The van der Waals surface area contributed by atoms with Gasteiger partial charge in [-0.05, 0) is 37.5 Å². The Kier molecular flexibility index (Phi) is 5.77. The van der Waals surface area contributed by atoms with E-state index in [9.17, 15) is 4.79 Å². The summed E-state index contributed by atoms with van der Waals surface area (Å²) >= 11 is 0. The monoisotopic (exact) mass is 421 g/mol. The molecule has 2 aliphatic rings. The smallest absolute Gasteiger partial charge is 0.233 e. The van der Waals surface area contributed by atoms with Gasteiger partial charge in [0.1, 0.15) is 5.82 Å². The number of carbonyl (C=O) groups is 1. The number of carbonyl (C=O) groups excluding carboxylic acids is 1. The Bertz CT molecular complexity index is 1000. The zero-order valence-corrected chi connectivity index (χ0v) is 17.4. The fraction of sp³-hybridized carbons (Fsp3) is 0.455. The SMILES string of the molecule is O=C(Nc1ccnn1C1CCN(Cc2cccn2-c2ncccn2)CC1)[C@@H]1CCOC1. The second-order valence-corrected chi connectivity index (χ2v) is 8.14. The first-order chi connectivity index (χ1) is 15.3. The van der Waals surface area contributed by atoms with Crippen LogP contribution in [0, 0.1) is 5.92 Å². The number of likely N-dealkylation sites (tertiary alicyclic amines) is 1. The van der Waals surface area contributed by atoms with Crippen molar-refractivity contribution in [2.45, 2.75) is 31.8 Å². The van der Waals surface area contributed by atoms with Crippen LogP contribution in [0.2, 0.25) is 0 Å². The molecular weight excluding hydrogens is 394 g/mol. The van der Waals surface area contributed by atoms with Crippen LogP contribution in [0.3, 0.4) is 0 Å². The number of anilines is 1. The average molecular weight is 422 g/mol. The van der Waals surface area contributed by atoms with Crippen molar-refractivity contribution in [1.82, 2.24) is 29.2 Å². The number of nitrogens with zero attached hydrogens (tertiary/aromatic N) is 6. The van der Waals surface area contributed by atoms with Crippen LogP contribution in [-0.4, -0.2) is 61.4 Å². The molecule has 9 nitrogen and oxygen atoms in total. The van der Waals surface area contributed by atoms with Gasteiger partial charge in [0.05, 0.1) is 24.8 Å². The quantitative estimate of drug-likeness (QED) is 0.657. The van der Waals surface area contributed by atoms with Crippen molar-refractivity contribution in [2.75, 3.05) is 31.6 Å². The molecule has 3 aromatic rings. The molecule has 1 N–H and O–H groups in total. The number of rotatable bonds is 6. The molecule has 162 valence electrons. The Labute approximate surface area is 181 Å². The molecule has 5 rings (SSSR count). The lowest BCUT2D eigenvalue weighted by atomic mass is 10.0. The molecule has 0 saturated carbocycles. The zero-order chi connectivity index (χ0) is 21.0. The second-order valence-electron chi connectivity index (χ2n) is 8.14. The van der Waals surface area contributed by atoms with Crippen LogP contribution in [0.5, 0.6) is 0 Å². The molecule has 0 unspecified atom stereocenters. The van der Waals surface area contributed by atoms with E-state index in [1.54, 1.807) is 18.6 Å². The summed E-state index contributed by atoms with van der Waals surface area (Å²) in [7, 11) is 0. The molecule has 0 aliphatic carbocycles. The van der Waals surface area contributed by atoms with Crippen molar-refractivity contribution in [2.24, 2.45) is 5.92 Å². The van der Waals surface area contributed by atoms with Gasteiger partial charge in [0.2, 0.25) is 11.9 Å². The topological polar surface area (TPSA) is 90.1 Å². The number of nitrogens with one attached hydrogen (secondary N) is 1. The van der Waals surface area contributed by atoms with E-state index in [-0.39, 0.29) is 17.9 Å². The summed E-state index contributed by atoms with van der Waals surface area (Å²) < 4.78 is 9.36. The molecule has 2 fully saturated rings. The summed E-state index contributed by atoms with van der Waals surface area (Å²) in [5.41, 5.74) is 1.18. The zero-order valence-electron chi connectivity index (χ0n) is 17.4. The van der Waals surface area contributed by atoms with E-state index in [0.29, 0.717) is 19.2 Å². The lowest BCUT2D eigenvalue weighted by molar-refractivity contribution is -0.119. The molecule has 0 radical (unpaired) electrons. The van der Waals surface area contributed by atoms with Crippen LogP contribution < -0.4 is 5.32 Å². The van der Waals surface area contributed by atoms with Crippen molar-refractivity contribution in [3.8, 4) is 5.95 Å². The van der Waals surface area contributed by atoms with Crippen LogP contribution >= 0.6 is 0 Å². The normalized spacial score (nSPS) is 20.2. The molecule has 9 heteroatoms. The molecule has 31 heavy (non-hydrogen) atoms. The molecule has 0 aromatic carbocycles. The number of amides is 1. The van der Waals surface area contributed by atoms with Gasteiger partial charge < -0.3 is 10.1 Å². The highest BCUT2D eigenvalue weighted by Gasteiger charge is 2.27. The summed E-state index contributed by atoms with van der Waals surface area (Å²) in [6, 6.07) is 8.14. The second kappa shape index (κ2) is 8.99. The van der Waals surface area contributed by atoms with Crippen molar-refractivity contribution >= 4 is 11.7 Å². The van der Waals surface area contributed by atoms with Crippen LogP contribution in [0.1, 0.15) is 31.0 Å². The average Bonchev–Trinajstić information content (AvgIpc) is 3.57. The van der Waals surface area contributed by atoms with Crippen LogP contribution in [0.25, 0.3) is 5.95 Å². The molecule has 2 aliphatic heterocycles.